The van der Waals surface area contributed by atoms with Crippen molar-refractivity contribution < 1.29 is 17.9 Å². The second kappa shape index (κ2) is 4.98. The molecule has 0 bridgehead atoms. The largest absolute Gasteiger partial charge is 0.493 e. The highest BCUT2D eigenvalue weighted by Crippen LogP contribution is 2.39. The molecule has 3 N–H and O–H groups in total. The molecule has 3 rings (SSSR count). The van der Waals surface area contributed by atoms with Gasteiger partial charge < -0.3 is 10.5 Å². The zero-order chi connectivity index (χ0) is 15.0. The first-order valence-corrected chi connectivity index (χ1v) is 6.59. The number of nitrogens with two attached hydrogens (primary N) is 1. The van der Waals surface area contributed by atoms with Crippen LogP contribution in [-0.2, 0) is 6.18 Å². The molecule has 4 nitrogen and oxygen atoms in total. The molecule has 1 aliphatic carbocycles. The average molecular weight is 297 g/mol. The normalized spacial score (nSPS) is 15.2. The summed E-state index contributed by atoms with van der Waals surface area (Å²) >= 11 is 0. The van der Waals surface area contributed by atoms with Crippen LogP contribution >= 0.6 is 0 Å². The summed E-state index contributed by atoms with van der Waals surface area (Å²) in [5.41, 5.74) is 4.92. The van der Waals surface area contributed by atoms with Gasteiger partial charge in [-0.05, 0) is 37.0 Å². The Bertz CT molecular complexity index is 647. The van der Waals surface area contributed by atoms with E-state index in [1.54, 1.807) is 0 Å². The highest BCUT2D eigenvalue weighted by molar-refractivity contribution is 5.67. The number of aromatic amines is 1. The van der Waals surface area contributed by atoms with Crippen molar-refractivity contribution in [1.82, 2.24) is 10.2 Å². The second-order valence-corrected chi connectivity index (χ2v) is 5.17. The van der Waals surface area contributed by atoms with Gasteiger partial charge in [0.15, 0.2) is 0 Å². The predicted molar refractivity (Wildman–Crippen MR) is 71.7 cm³/mol. The standard InChI is InChI=1S/C14H14F3N3O/c15-14(16,17)11-5-9(21-7-8-1-2-8)3-4-10(11)12-6-13(18)20-19-12/h3-6,8H,1-2,7H2,(H3,18,19,20). The van der Waals surface area contributed by atoms with Gasteiger partial charge >= 0.3 is 6.18 Å². The van der Waals surface area contributed by atoms with Crippen molar-refractivity contribution in [1.29, 1.82) is 0 Å². The van der Waals surface area contributed by atoms with Gasteiger partial charge in [-0.2, -0.15) is 18.3 Å². The van der Waals surface area contributed by atoms with Crippen LogP contribution in [0.5, 0.6) is 5.75 Å². The summed E-state index contributed by atoms with van der Waals surface area (Å²) in [6.07, 6.45) is -2.32. The van der Waals surface area contributed by atoms with E-state index >= 15 is 0 Å². The van der Waals surface area contributed by atoms with E-state index in [-0.39, 0.29) is 22.8 Å². The number of benzene rings is 1. The number of rotatable bonds is 4. The van der Waals surface area contributed by atoms with Crippen LogP contribution in [0.25, 0.3) is 11.3 Å². The van der Waals surface area contributed by atoms with E-state index in [2.05, 4.69) is 10.2 Å². The fourth-order valence-corrected chi connectivity index (χ4v) is 2.06. The first kappa shape index (κ1) is 13.8. The lowest BCUT2D eigenvalue weighted by molar-refractivity contribution is -0.137. The van der Waals surface area contributed by atoms with Crippen molar-refractivity contribution in [3.8, 4) is 17.0 Å². The van der Waals surface area contributed by atoms with Crippen LogP contribution in [-0.4, -0.2) is 16.8 Å². The number of nitrogens with one attached hydrogen (secondary N) is 1. The highest BCUT2D eigenvalue weighted by Gasteiger charge is 2.35. The molecule has 0 radical (unpaired) electrons. The quantitative estimate of drug-likeness (QED) is 0.908. The van der Waals surface area contributed by atoms with E-state index in [1.165, 1.54) is 18.2 Å². The Balaban J connectivity index is 1.94. The molecule has 0 atom stereocenters. The highest BCUT2D eigenvalue weighted by atomic mass is 19.4. The molecule has 21 heavy (non-hydrogen) atoms. The van der Waals surface area contributed by atoms with Crippen molar-refractivity contribution in [2.45, 2.75) is 19.0 Å². The Morgan fingerprint density at radius 3 is 2.62 bits per heavy atom. The number of hydrogen-bond donors (Lipinski definition) is 2. The molecule has 1 fully saturated rings. The molecule has 0 spiro atoms. The van der Waals surface area contributed by atoms with Gasteiger partial charge in [0.25, 0.3) is 0 Å². The Labute approximate surface area is 119 Å². The molecule has 2 aromatic rings. The number of hydrogen-bond acceptors (Lipinski definition) is 3. The van der Waals surface area contributed by atoms with Crippen molar-refractivity contribution in [3.05, 3.63) is 29.8 Å². The van der Waals surface area contributed by atoms with E-state index in [9.17, 15) is 13.2 Å². The number of anilines is 1. The second-order valence-electron chi connectivity index (χ2n) is 5.17. The molecule has 1 aliphatic rings. The smallest absolute Gasteiger partial charge is 0.417 e. The molecule has 0 aliphatic heterocycles. The summed E-state index contributed by atoms with van der Waals surface area (Å²) < 4.78 is 45.0. The number of nitrogen functional groups attached to an aromatic ring is 1. The predicted octanol–water partition coefficient (Wildman–Crippen LogP) is 3.47. The van der Waals surface area contributed by atoms with Crippen LogP contribution in [0.4, 0.5) is 19.0 Å². The summed E-state index contributed by atoms with van der Waals surface area (Å²) in [5, 5.41) is 6.16. The van der Waals surface area contributed by atoms with E-state index in [4.69, 9.17) is 10.5 Å². The van der Waals surface area contributed by atoms with Crippen LogP contribution in [0.1, 0.15) is 18.4 Å². The van der Waals surface area contributed by atoms with Gasteiger partial charge in [-0.15, -0.1) is 0 Å². The zero-order valence-corrected chi connectivity index (χ0v) is 11.1. The third kappa shape index (κ3) is 3.12. The van der Waals surface area contributed by atoms with Gasteiger partial charge in [-0.1, -0.05) is 0 Å². The van der Waals surface area contributed by atoms with Gasteiger partial charge in [-0.3, -0.25) is 5.10 Å². The van der Waals surface area contributed by atoms with Gasteiger partial charge in [-0.25, -0.2) is 0 Å². The minimum Gasteiger partial charge on any atom is -0.493 e. The van der Waals surface area contributed by atoms with Crippen LogP contribution in [0.2, 0.25) is 0 Å². The van der Waals surface area contributed by atoms with Crippen molar-refractivity contribution in [3.63, 3.8) is 0 Å². The van der Waals surface area contributed by atoms with Gasteiger partial charge in [0.05, 0.1) is 17.9 Å². The van der Waals surface area contributed by atoms with E-state index in [1.807, 2.05) is 0 Å². The number of aromatic nitrogens is 2. The van der Waals surface area contributed by atoms with Crippen molar-refractivity contribution >= 4 is 5.82 Å². The number of H-pyrrole nitrogens is 1. The fraction of sp³-hybridized carbons (Fsp3) is 0.357. The minimum atomic E-state index is -4.48. The van der Waals surface area contributed by atoms with Crippen LogP contribution < -0.4 is 10.5 Å². The number of alkyl halides is 3. The maximum absolute atomic E-state index is 13.2. The summed E-state index contributed by atoms with van der Waals surface area (Å²) in [4.78, 5) is 0. The van der Waals surface area contributed by atoms with Crippen LogP contribution in [0, 0.1) is 5.92 Å². The van der Waals surface area contributed by atoms with E-state index in [0.717, 1.165) is 18.9 Å². The van der Waals surface area contributed by atoms with E-state index < -0.39 is 11.7 Å². The van der Waals surface area contributed by atoms with Crippen LogP contribution in [0.3, 0.4) is 0 Å². The summed E-state index contributed by atoms with van der Waals surface area (Å²) in [6.45, 7) is 0.466. The SMILES string of the molecule is Nc1cc(-c2ccc(OCC3CC3)cc2C(F)(F)F)[nH]n1. The zero-order valence-electron chi connectivity index (χ0n) is 11.1. The topological polar surface area (TPSA) is 63.9 Å². The molecule has 1 heterocycles. The molecule has 1 saturated carbocycles. The van der Waals surface area contributed by atoms with Gasteiger partial charge in [0, 0.05) is 11.6 Å². The summed E-state index contributed by atoms with van der Waals surface area (Å²) in [7, 11) is 0. The molecule has 0 saturated heterocycles. The number of halogens is 3. The third-order valence-electron chi connectivity index (χ3n) is 3.37. The summed E-state index contributed by atoms with van der Waals surface area (Å²) in [5.74, 6) is 0.851. The lowest BCUT2D eigenvalue weighted by Gasteiger charge is -2.14. The van der Waals surface area contributed by atoms with Gasteiger partial charge in [0.2, 0.25) is 0 Å². The maximum atomic E-state index is 13.2. The molecule has 7 heteroatoms. The number of nitrogens with zero attached hydrogens (tertiary/aromatic N) is 1. The Kier molecular flexibility index (Phi) is 3.27. The first-order chi connectivity index (χ1) is 9.93. The summed E-state index contributed by atoms with van der Waals surface area (Å²) in [6, 6.07) is 5.30. The van der Waals surface area contributed by atoms with Crippen molar-refractivity contribution in [2.75, 3.05) is 12.3 Å². The molecular formula is C14H14F3N3O. The van der Waals surface area contributed by atoms with Crippen molar-refractivity contribution in [2.24, 2.45) is 5.92 Å². The Morgan fingerprint density at radius 2 is 2.05 bits per heavy atom. The number of ether oxygens (including phenoxy) is 1. The molecule has 112 valence electrons. The Morgan fingerprint density at radius 1 is 1.29 bits per heavy atom. The van der Waals surface area contributed by atoms with Crippen LogP contribution in [0.15, 0.2) is 24.3 Å². The molecule has 0 amide bonds. The lowest BCUT2D eigenvalue weighted by Crippen LogP contribution is -2.08. The maximum Gasteiger partial charge on any atom is 0.417 e. The third-order valence-corrected chi connectivity index (χ3v) is 3.37. The fourth-order valence-electron chi connectivity index (χ4n) is 2.06. The Hall–Kier alpha value is -2.18. The minimum absolute atomic E-state index is 0.00507. The monoisotopic (exact) mass is 297 g/mol. The lowest BCUT2D eigenvalue weighted by atomic mass is 10.0. The molecular weight excluding hydrogens is 283 g/mol. The van der Waals surface area contributed by atoms with Gasteiger partial charge in [0.1, 0.15) is 11.6 Å². The average Bonchev–Trinajstić information content (AvgIpc) is 3.16. The molecule has 1 aromatic heterocycles. The molecule has 1 aromatic carbocycles. The first-order valence-electron chi connectivity index (χ1n) is 6.59. The molecule has 0 unspecified atom stereocenters. The van der Waals surface area contributed by atoms with E-state index in [0.29, 0.717) is 12.5 Å².